The average molecular weight is 546 g/mol. The summed E-state index contributed by atoms with van der Waals surface area (Å²) in [5.74, 6) is -0.501. The molecule has 1 heterocycles. The fourth-order valence-electron chi connectivity index (χ4n) is 3.11. The van der Waals surface area contributed by atoms with Crippen molar-refractivity contribution in [1.29, 1.82) is 0 Å². The van der Waals surface area contributed by atoms with Crippen LogP contribution in [0.2, 0.25) is 10.0 Å². The third-order valence-corrected chi connectivity index (χ3v) is 6.49. The number of amides is 2. The number of benzene rings is 2. The van der Waals surface area contributed by atoms with E-state index in [0.29, 0.717) is 28.1 Å². The third-order valence-electron chi connectivity index (χ3n) is 4.78. The molecule has 2 aromatic carbocycles. The van der Waals surface area contributed by atoms with E-state index in [0.717, 1.165) is 23.9 Å². The van der Waals surface area contributed by atoms with Gasteiger partial charge < -0.3 is 15.2 Å². The molecule has 35 heavy (non-hydrogen) atoms. The van der Waals surface area contributed by atoms with Gasteiger partial charge in [-0.2, -0.15) is 13.2 Å². The van der Waals surface area contributed by atoms with Gasteiger partial charge in [0.1, 0.15) is 0 Å². The number of rotatable bonds is 8. The van der Waals surface area contributed by atoms with Gasteiger partial charge in [-0.1, -0.05) is 41.0 Å². The van der Waals surface area contributed by atoms with Crippen LogP contribution in [0, 0.1) is 0 Å². The van der Waals surface area contributed by atoms with Crippen LogP contribution in [-0.4, -0.2) is 32.3 Å². The molecule has 13 heteroatoms. The lowest BCUT2D eigenvalue weighted by atomic mass is 10.2. The number of anilines is 1. The van der Waals surface area contributed by atoms with E-state index in [2.05, 4.69) is 20.8 Å². The Morgan fingerprint density at radius 2 is 1.86 bits per heavy atom. The molecular weight excluding hydrogens is 526 g/mol. The number of hydrogen-bond acceptors (Lipinski definition) is 5. The molecule has 3 aromatic rings. The van der Waals surface area contributed by atoms with Crippen molar-refractivity contribution in [3.63, 3.8) is 0 Å². The summed E-state index contributed by atoms with van der Waals surface area (Å²) in [6.07, 6.45) is -4.50. The quantitative estimate of drug-likeness (QED) is 0.347. The van der Waals surface area contributed by atoms with Crippen molar-refractivity contribution in [3.8, 4) is 0 Å². The number of halogens is 5. The van der Waals surface area contributed by atoms with Crippen LogP contribution in [0.25, 0.3) is 0 Å². The molecule has 0 aliphatic carbocycles. The first-order chi connectivity index (χ1) is 16.5. The molecule has 0 bridgehead atoms. The van der Waals surface area contributed by atoms with E-state index in [1.165, 1.54) is 24.3 Å². The van der Waals surface area contributed by atoms with Crippen LogP contribution >= 0.6 is 35.0 Å². The molecule has 0 unspecified atom stereocenters. The largest absolute Gasteiger partial charge is 0.416 e. The van der Waals surface area contributed by atoms with Gasteiger partial charge in [0, 0.05) is 17.8 Å². The van der Waals surface area contributed by atoms with Gasteiger partial charge in [0.2, 0.25) is 5.91 Å². The number of aromatic nitrogens is 3. The summed E-state index contributed by atoms with van der Waals surface area (Å²) in [6, 6.07) is 8.41. The lowest BCUT2D eigenvalue weighted by Crippen LogP contribution is -2.28. The van der Waals surface area contributed by atoms with Gasteiger partial charge in [0.05, 0.1) is 27.4 Å². The van der Waals surface area contributed by atoms with Crippen molar-refractivity contribution < 1.29 is 22.8 Å². The molecule has 0 aliphatic heterocycles. The smallest absolute Gasteiger partial charge is 0.342 e. The zero-order chi connectivity index (χ0) is 25.8. The Hall–Kier alpha value is -2.76. The maximum atomic E-state index is 12.9. The first-order valence-corrected chi connectivity index (χ1v) is 12.0. The Bertz CT molecular complexity index is 1240. The normalized spacial score (nSPS) is 12.3. The maximum absolute atomic E-state index is 12.9. The number of hydrogen-bond donors (Lipinski definition) is 2. The summed E-state index contributed by atoms with van der Waals surface area (Å²) in [6.45, 7) is 4.06. The van der Waals surface area contributed by atoms with Crippen molar-refractivity contribution in [2.45, 2.75) is 37.8 Å². The van der Waals surface area contributed by atoms with E-state index in [9.17, 15) is 22.8 Å². The number of carbonyl (C=O) groups excluding carboxylic acids is 2. The molecule has 0 saturated carbocycles. The lowest BCUT2D eigenvalue weighted by molar-refractivity contribution is -0.137. The SMILES string of the molecule is CCn1c(SCC(=O)Nc2cccc(C(F)(F)F)c2)nnc1[C@H](C)NC(=O)c1ccc(Cl)c(Cl)c1. The topological polar surface area (TPSA) is 88.9 Å². The van der Waals surface area contributed by atoms with Crippen molar-refractivity contribution in [2.75, 3.05) is 11.1 Å². The van der Waals surface area contributed by atoms with Gasteiger partial charge in [0.25, 0.3) is 5.91 Å². The van der Waals surface area contributed by atoms with Crippen LogP contribution in [0.3, 0.4) is 0 Å². The van der Waals surface area contributed by atoms with Crippen LogP contribution < -0.4 is 10.6 Å². The molecule has 0 aliphatic rings. The summed E-state index contributed by atoms with van der Waals surface area (Å²) in [5.41, 5.74) is -0.480. The van der Waals surface area contributed by atoms with Gasteiger partial charge in [-0.15, -0.1) is 10.2 Å². The van der Waals surface area contributed by atoms with Gasteiger partial charge in [0.15, 0.2) is 11.0 Å². The second kappa shape index (κ2) is 11.3. The highest BCUT2D eigenvalue weighted by molar-refractivity contribution is 7.99. The molecule has 1 aromatic heterocycles. The fourth-order valence-corrected chi connectivity index (χ4v) is 4.21. The van der Waals surface area contributed by atoms with E-state index in [-0.39, 0.29) is 22.4 Å². The first kappa shape index (κ1) is 26.8. The molecule has 2 amide bonds. The van der Waals surface area contributed by atoms with Gasteiger partial charge in [-0.05, 0) is 50.2 Å². The predicted molar refractivity (Wildman–Crippen MR) is 129 cm³/mol. The molecule has 0 fully saturated rings. The highest BCUT2D eigenvalue weighted by Gasteiger charge is 2.30. The second-order valence-corrected chi connectivity index (χ2v) is 9.08. The molecule has 0 radical (unpaired) electrons. The Morgan fingerprint density at radius 1 is 1.11 bits per heavy atom. The maximum Gasteiger partial charge on any atom is 0.416 e. The molecular formula is C22H20Cl2F3N5O2S. The summed E-state index contributed by atoms with van der Waals surface area (Å²) < 4.78 is 40.3. The minimum Gasteiger partial charge on any atom is -0.342 e. The van der Waals surface area contributed by atoms with Crippen molar-refractivity contribution in [1.82, 2.24) is 20.1 Å². The van der Waals surface area contributed by atoms with E-state index >= 15 is 0 Å². The monoisotopic (exact) mass is 545 g/mol. The molecule has 2 N–H and O–H groups in total. The molecule has 0 spiro atoms. The van der Waals surface area contributed by atoms with Crippen LogP contribution in [0.1, 0.15) is 41.6 Å². The molecule has 1 atom stereocenters. The lowest BCUT2D eigenvalue weighted by Gasteiger charge is -2.15. The number of alkyl halides is 3. The summed E-state index contributed by atoms with van der Waals surface area (Å²) in [4.78, 5) is 24.9. The van der Waals surface area contributed by atoms with Crippen LogP contribution in [0.4, 0.5) is 18.9 Å². The number of carbonyl (C=O) groups is 2. The Labute approximate surface area is 213 Å². The minimum absolute atomic E-state index is 0.0432. The standard InChI is InChI=1S/C22H20Cl2F3N5O2S/c1-3-32-19(12(2)28-20(34)13-7-8-16(23)17(24)9-13)30-31-21(32)35-11-18(33)29-15-6-4-5-14(10-15)22(25,26)27/h4-10,12H,3,11H2,1-2H3,(H,28,34)(H,29,33)/t12-/m0/s1. The summed E-state index contributed by atoms with van der Waals surface area (Å²) in [5, 5.41) is 14.5. The van der Waals surface area contributed by atoms with Crippen molar-refractivity contribution in [3.05, 3.63) is 69.5 Å². The molecule has 0 saturated heterocycles. The Balaban J connectivity index is 1.63. The van der Waals surface area contributed by atoms with E-state index in [1.54, 1.807) is 17.6 Å². The zero-order valence-corrected chi connectivity index (χ0v) is 20.8. The third kappa shape index (κ3) is 6.89. The average Bonchev–Trinajstić information content (AvgIpc) is 3.22. The predicted octanol–water partition coefficient (Wildman–Crippen LogP) is 5.85. The molecule has 186 valence electrons. The van der Waals surface area contributed by atoms with E-state index in [1.807, 2.05) is 6.92 Å². The summed E-state index contributed by atoms with van der Waals surface area (Å²) >= 11 is 12.9. The van der Waals surface area contributed by atoms with Gasteiger partial charge in [-0.3, -0.25) is 9.59 Å². The second-order valence-electron chi connectivity index (χ2n) is 7.32. The molecule has 7 nitrogen and oxygen atoms in total. The number of thioether (sulfide) groups is 1. The first-order valence-electron chi connectivity index (χ1n) is 10.3. The van der Waals surface area contributed by atoms with Crippen LogP contribution in [0.15, 0.2) is 47.6 Å². The Kier molecular flexibility index (Phi) is 8.68. The van der Waals surface area contributed by atoms with Crippen molar-refractivity contribution in [2.24, 2.45) is 0 Å². The van der Waals surface area contributed by atoms with Crippen LogP contribution in [0.5, 0.6) is 0 Å². The fraction of sp³-hybridized carbons (Fsp3) is 0.273. The highest BCUT2D eigenvalue weighted by atomic mass is 35.5. The highest BCUT2D eigenvalue weighted by Crippen LogP contribution is 2.31. The van der Waals surface area contributed by atoms with Crippen LogP contribution in [-0.2, 0) is 17.5 Å². The number of nitrogens with zero attached hydrogens (tertiary/aromatic N) is 3. The van der Waals surface area contributed by atoms with E-state index in [4.69, 9.17) is 23.2 Å². The Morgan fingerprint density at radius 3 is 2.51 bits per heavy atom. The van der Waals surface area contributed by atoms with Gasteiger partial charge >= 0.3 is 6.18 Å². The minimum atomic E-state index is -4.50. The van der Waals surface area contributed by atoms with Crippen molar-refractivity contribution >= 4 is 52.5 Å². The van der Waals surface area contributed by atoms with Gasteiger partial charge in [-0.25, -0.2) is 0 Å². The summed E-state index contributed by atoms with van der Waals surface area (Å²) in [7, 11) is 0. The van der Waals surface area contributed by atoms with E-state index < -0.39 is 23.7 Å². The molecule has 3 rings (SSSR count). The zero-order valence-electron chi connectivity index (χ0n) is 18.5. The number of nitrogens with one attached hydrogen (secondary N) is 2.